The van der Waals surface area contributed by atoms with Gasteiger partial charge >= 0.3 is 0 Å². The average Bonchev–Trinajstić information content (AvgIpc) is 3.13. The lowest BCUT2D eigenvalue weighted by atomic mass is 9.78. The predicted molar refractivity (Wildman–Crippen MR) is 89.5 cm³/mol. The number of methoxy groups -OCH3 is 1. The second kappa shape index (κ2) is 7.17. The number of pyridine rings is 1. The van der Waals surface area contributed by atoms with E-state index >= 15 is 0 Å². The molecule has 2 atom stereocenters. The smallest absolute Gasteiger partial charge is 0.212 e. The molecular weight excluding hydrogens is 342 g/mol. The lowest BCUT2D eigenvalue weighted by molar-refractivity contribution is -0.0113. The monoisotopic (exact) mass is 360 g/mol. The van der Waals surface area contributed by atoms with E-state index in [9.17, 15) is 13.9 Å². The van der Waals surface area contributed by atoms with Gasteiger partial charge in [-0.25, -0.2) is 23.4 Å². The van der Waals surface area contributed by atoms with E-state index < -0.39 is 23.2 Å². The molecule has 0 amide bonds. The molecule has 26 heavy (non-hydrogen) atoms. The lowest BCUT2D eigenvalue weighted by Crippen LogP contribution is -2.38. The van der Waals surface area contributed by atoms with E-state index in [1.807, 2.05) is 0 Å². The summed E-state index contributed by atoms with van der Waals surface area (Å²) in [5.41, 5.74) is -1.07. The minimum absolute atomic E-state index is 0.0299. The Morgan fingerprint density at radius 2 is 2.08 bits per heavy atom. The number of hydrogen-bond acceptors (Lipinski definition) is 5. The van der Waals surface area contributed by atoms with Gasteiger partial charge in [0.25, 0.3) is 0 Å². The van der Waals surface area contributed by atoms with Crippen molar-refractivity contribution in [3.8, 4) is 5.88 Å². The van der Waals surface area contributed by atoms with Crippen LogP contribution in [0.5, 0.6) is 5.88 Å². The molecule has 0 aliphatic carbocycles. The van der Waals surface area contributed by atoms with E-state index in [-0.39, 0.29) is 12.1 Å². The SMILES string of the molecule is COc1ccc([C@@H](C)[C@@](O)(Cn2cncn2)c2ccc(F)cc2F)cn1. The van der Waals surface area contributed by atoms with Crippen molar-refractivity contribution in [1.82, 2.24) is 19.7 Å². The highest BCUT2D eigenvalue weighted by molar-refractivity contribution is 5.32. The van der Waals surface area contributed by atoms with Gasteiger partial charge in [-0.15, -0.1) is 0 Å². The quantitative estimate of drug-likeness (QED) is 0.732. The predicted octanol–water partition coefficient (Wildman–Crippen LogP) is 2.65. The number of ether oxygens (including phenoxy) is 1. The van der Waals surface area contributed by atoms with Gasteiger partial charge in [0.05, 0.1) is 13.7 Å². The summed E-state index contributed by atoms with van der Waals surface area (Å²) in [7, 11) is 1.50. The molecule has 1 N–H and O–H groups in total. The van der Waals surface area contributed by atoms with Gasteiger partial charge in [0.2, 0.25) is 5.88 Å². The molecule has 8 heteroatoms. The van der Waals surface area contributed by atoms with E-state index in [4.69, 9.17) is 4.74 Å². The maximum absolute atomic E-state index is 14.5. The van der Waals surface area contributed by atoms with Crippen molar-refractivity contribution < 1.29 is 18.6 Å². The van der Waals surface area contributed by atoms with Crippen molar-refractivity contribution in [3.63, 3.8) is 0 Å². The Hall–Kier alpha value is -2.87. The van der Waals surface area contributed by atoms with E-state index in [1.54, 1.807) is 25.3 Å². The van der Waals surface area contributed by atoms with Crippen molar-refractivity contribution in [3.05, 3.63) is 71.9 Å². The molecule has 0 aliphatic rings. The van der Waals surface area contributed by atoms with Crippen LogP contribution in [0, 0.1) is 11.6 Å². The van der Waals surface area contributed by atoms with Gasteiger partial charge in [-0.3, -0.25) is 0 Å². The normalized spacial score (nSPS) is 14.7. The lowest BCUT2D eigenvalue weighted by Gasteiger charge is -2.35. The van der Waals surface area contributed by atoms with E-state index in [2.05, 4.69) is 15.1 Å². The number of aliphatic hydroxyl groups is 1. The van der Waals surface area contributed by atoms with Crippen LogP contribution >= 0.6 is 0 Å². The van der Waals surface area contributed by atoms with E-state index in [0.29, 0.717) is 11.4 Å². The van der Waals surface area contributed by atoms with Crippen molar-refractivity contribution >= 4 is 0 Å². The van der Waals surface area contributed by atoms with Gasteiger partial charge in [0, 0.05) is 29.8 Å². The van der Waals surface area contributed by atoms with Crippen LogP contribution in [0.3, 0.4) is 0 Å². The molecule has 0 bridgehead atoms. The molecule has 0 radical (unpaired) electrons. The number of rotatable bonds is 6. The standard InChI is InChI=1S/C18H18F2N4O2/c1-12(13-3-6-17(26-2)22-8-13)18(25,9-24-11-21-10-23-24)15-5-4-14(19)7-16(15)20/h3-8,10-12,25H,9H2,1-2H3/t12-,18+/m1/s1. The fraction of sp³-hybridized carbons (Fsp3) is 0.278. The highest BCUT2D eigenvalue weighted by Gasteiger charge is 2.40. The number of halogens is 2. The van der Waals surface area contributed by atoms with Gasteiger partial charge in [0.1, 0.15) is 29.9 Å². The summed E-state index contributed by atoms with van der Waals surface area (Å²) in [6.45, 7) is 1.67. The highest BCUT2D eigenvalue weighted by atomic mass is 19.1. The molecule has 0 saturated heterocycles. The first-order valence-electron chi connectivity index (χ1n) is 7.94. The fourth-order valence-electron chi connectivity index (χ4n) is 2.90. The summed E-state index contributed by atoms with van der Waals surface area (Å²) in [4.78, 5) is 7.99. The summed E-state index contributed by atoms with van der Waals surface area (Å²) >= 11 is 0. The molecule has 0 fully saturated rings. The van der Waals surface area contributed by atoms with Crippen molar-refractivity contribution in [2.24, 2.45) is 0 Å². The van der Waals surface area contributed by atoms with Crippen molar-refractivity contribution in [1.29, 1.82) is 0 Å². The third-order valence-corrected chi connectivity index (χ3v) is 4.45. The van der Waals surface area contributed by atoms with Crippen molar-refractivity contribution in [2.45, 2.75) is 25.0 Å². The first kappa shape index (κ1) is 17.9. The average molecular weight is 360 g/mol. The van der Waals surface area contributed by atoms with Crippen molar-refractivity contribution in [2.75, 3.05) is 7.11 Å². The Morgan fingerprint density at radius 3 is 2.65 bits per heavy atom. The fourth-order valence-corrected chi connectivity index (χ4v) is 2.90. The molecule has 0 spiro atoms. The van der Waals surface area contributed by atoms with Crippen LogP contribution in [0.25, 0.3) is 0 Å². The first-order chi connectivity index (χ1) is 12.4. The zero-order chi connectivity index (χ0) is 18.7. The number of benzene rings is 1. The third-order valence-electron chi connectivity index (χ3n) is 4.45. The Balaban J connectivity index is 2.06. The molecule has 0 unspecified atom stereocenters. The largest absolute Gasteiger partial charge is 0.481 e. The Kier molecular flexibility index (Phi) is 4.94. The van der Waals surface area contributed by atoms with Crippen LogP contribution in [0.2, 0.25) is 0 Å². The van der Waals surface area contributed by atoms with Crippen LogP contribution in [0.4, 0.5) is 8.78 Å². The molecule has 6 nitrogen and oxygen atoms in total. The first-order valence-corrected chi connectivity index (χ1v) is 7.94. The molecule has 3 aromatic rings. The van der Waals surface area contributed by atoms with Crippen LogP contribution < -0.4 is 4.74 Å². The summed E-state index contributed by atoms with van der Waals surface area (Å²) in [6, 6.07) is 6.51. The number of aromatic nitrogens is 4. The maximum Gasteiger partial charge on any atom is 0.212 e. The van der Waals surface area contributed by atoms with Crippen LogP contribution in [0.1, 0.15) is 24.0 Å². The van der Waals surface area contributed by atoms with Crippen LogP contribution in [0.15, 0.2) is 49.2 Å². The molecular formula is C18H18F2N4O2. The number of hydrogen-bond donors (Lipinski definition) is 1. The minimum Gasteiger partial charge on any atom is -0.481 e. The Labute approximate surface area is 149 Å². The zero-order valence-electron chi connectivity index (χ0n) is 14.3. The van der Waals surface area contributed by atoms with E-state index in [1.165, 1.54) is 30.5 Å². The van der Waals surface area contributed by atoms with Gasteiger partial charge in [-0.1, -0.05) is 19.1 Å². The van der Waals surface area contributed by atoms with E-state index in [0.717, 1.165) is 12.1 Å². The molecule has 136 valence electrons. The summed E-state index contributed by atoms with van der Waals surface area (Å²) < 4.78 is 34.3. The Morgan fingerprint density at radius 1 is 1.27 bits per heavy atom. The summed E-state index contributed by atoms with van der Waals surface area (Å²) in [5, 5.41) is 15.5. The van der Waals surface area contributed by atoms with Gasteiger partial charge in [-0.2, -0.15) is 5.10 Å². The Bertz CT molecular complexity index is 871. The second-order valence-electron chi connectivity index (χ2n) is 6.00. The third kappa shape index (κ3) is 3.41. The highest BCUT2D eigenvalue weighted by Crippen LogP contribution is 2.39. The molecule has 0 aliphatic heterocycles. The second-order valence-corrected chi connectivity index (χ2v) is 6.00. The number of nitrogens with zero attached hydrogens (tertiary/aromatic N) is 4. The zero-order valence-corrected chi connectivity index (χ0v) is 14.3. The van der Waals surface area contributed by atoms with Gasteiger partial charge < -0.3 is 9.84 Å². The molecule has 3 rings (SSSR count). The molecule has 0 saturated carbocycles. The van der Waals surface area contributed by atoms with Crippen LogP contribution in [-0.2, 0) is 12.1 Å². The topological polar surface area (TPSA) is 73.1 Å². The summed E-state index contributed by atoms with van der Waals surface area (Å²) in [5.74, 6) is -1.70. The van der Waals surface area contributed by atoms with Gasteiger partial charge in [-0.05, 0) is 11.6 Å². The maximum atomic E-state index is 14.5. The minimum atomic E-state index is -1.71. The summed E-state index contributed by atoms with van der Waals surface area (Å²) in [6.07, 6.45) is 4.30. The van der Waals surface area contributed by atoms with Crippen LogP contribution in [-0.4, -0.2) is 32.0 Å². The molecule has 1 aromatic carbocycles. The van der Waals surface area contributed by atoms with Gasteiger partial charge in [0.15, 0.2) is 0 Å². The molecule has 2 aromatic heterocycles. The molecule has 2 heterocycles.